The van der Waals surface area contributed by atoms with E-state index in [1.165, 1.54) is 0 Å². The number of nitrogens with zero attached hydrogens (tertiary/aromatic N) is 1. The van der Waals surface area contributed by atoms with Crippen molar-refractivity contribution in [1.29, 1.82) is 0 Å². The van der Waals surface area contributed by atoms with Gasteiger partial charge in [0.2, 0.25) is 5.91 Å². The van der Waals surface area contributed by atoms with E-state index < -0.39 is 6.10 Å². The molecule has 0 spiro atoms. The molecule has 7 heteroatoms. The van der Waals surface area contributed by atoms with Crippen molar-refractivity contribution in [3.05, 3.63) is 40.3 Å². The molecule has 3 rings (SSSR count). The van der Waals surface area contributed by atoms with Crippen LogP contribution in [0.5, 0.6) is 5.75 Å². The second-order valence-electron chi connectivity index (χ2n) is 5.28. The molecule has 0 radical (unpaired) electrons. The molecule has 0 fully saturated rings. The van der Waals surface area contributed by atoms with Gasteiger partial charge in [0.15, 0.2) is 6.10 Å². The number of fused-ring (bicyclic) bond motifs is 1. The monoisotopic (exact) mass is 331 g/mol. The Hall–Kier alpha value is -2.41. The summed E-state index contributed by atoms with van der Waals surface area (Å²) >= 11 is 1.58. The van der Waals surface area contributed by atoms with Crippen molar-refractivity contribution in [2.45, 2.75) is 25.9 Å². The molecule has 0 aliphatic carbocycles. The summed E-state index contributed by atoms with van der Waals surface area (Å²) in [7, 11) is 0. The molecule has 2 amide bonds. The van der Waals surface area contributed by atoms with Gasteiger partial charge in [0, 0.05) is 24.0 Å². The highest BCUT2D eigenvalue weighted by Crippen LogP contribution is 2.29. The molecule has 1 atom stereocenters. The molecule has 23 heavy (non-hydrogen) atoms. The number of ether oxygens (including phenoxy) is 1. The van der Waals surface area contributed by atoms with Crippen LogP contribution < -0.4 is 15.4 Å². The molecule has 1 aliphatic heterocycles. The van der Waals surface area contributed by atoms with Gasteiger partial charge in [0.1, 0.15) is 5.75 Å². The molecule has 120 valence electrons. The average Bonchev–Trinajstić information content (AvgIpc) is 2.93. The second-order valence-corrected chi connectivity index (χ2v) is 6.22. The Morgan fingerprint density at radius 2 is 2.26 bits per heavy atom. The van der Waals surface area contributed by atoms with Gasteiger partial charge in [-0.2, -0.15) is 0 Å². The van der Waals surface area contributed by atoms with Gasteiger partial charge in [-0.1, -0.05) is 12.1 Å². The van der Waals surface area contributed by atoms with Crippen LogP contribution in [0.25, 0.3) is 0 Å². The molecule has 1 aliphatic rings. The molecule has 1 unspecified atom stereocenters. The molecule has 2 aromatic rings. The van der Waals surface area contributed by atoms with Gasteiger partial charge in [-0.15, -0.1) is 11.3 Å². The van der Waals surface area contributed by atoms with E-state index >= 15 is 0 Å². The topological polar surface area (TPSA) is 80.3 Å². The van der Waals surface area contributed by atoms with Crippen LogP contribution in [0, 0.1) is 6.92 Å². The van der Waals surface area contributed by atoms with Crippen molar-refractivity contribution in [2.24, 2.45) is 0 Å². The van der Waals surface area contributed by atoms with Gasteiger partial charge in [-0.05, 0) is 19.1 Å². The maximum absolute atomic E-state index is 12.0. The van der Waals surface area contributed by atoms with Gasteiger partial charge in [0.25, 0.3) is 5.91 Å². The Labute approximate surface area is 137 Å². The third kappa shape index (κ3) is 3.87. The fourth-order valence-electron chi connectivity index (χ4n) is 2.29. The number of hydrogen-bond donors (Lipinski definition) is 2. The number of amides is 2. The summed E-state index contributed by atoms with van der Waals surface area (Å²) in [5.74, 6) is 0.0790. The number of carbonyl (C=O) groups excluding carboxylic acids is 2. The SMILES string of the molecule is Cc1csc(CCNC(=O)CC2Oc3ccccc3NC2=O)n1. The maximum Gasteiger partial charge on any atom is 0.266 e. The van der Waals surface area contributed by atoms with E-state index in [-0.39, 0.29) is 18.2 Å². The fourth-order valence-corrected chi connectivity index (χ4v) is 3.07. The summed E-state index contributed by atoms with van der Waals surface area (Å²) in [4.78, 5) is 28.3. The number of para-hydroxylation sites is 2. The van der Waals surface area contributed by atoms with E-state index in [0.717, 1.165) is 10.7 Å². The van der Waals surface area contributed by atoms with E-state index in [1.54, 1.807) is 23.5 Å². The van der Waals surface area contributed by atoms with Crippen molar-refractivity contribution in [1.82, 2.24) is 10.3 Å². The molecule has 0 bridgehead atoms. The van der Waals surface area contributed by atoms with Crippen LogP contribution in [0.1, 0.15) is 17.1 Å². The molecule has 6 nitrogen and oxygen atoms in total. The van der Waals surface area contributed by atoms with Crippen molar-refractivity contribution in [3.8, 4) is 5.75 Å². The number of rotatable bonds is 5. The highest BCUT2D eigenvalue weighted by Gasteiger charge is 2.29. The number of thiazole rings is 1. The van der Waals surface area contributed by atoms with Crippen LogP contribution in [0.3, 0.4) is 0 Å². The van der Waals surface area contributed by atoms with Crippen LogP contribution in [0.2, 0.25) is 0 Å². The number of carbonyl (C=O) groups is 2. The molecule has 0 saturated carbocycles. The fraction of sp³-hybridized carbons (Fsp3) is 0.312. The van der Waals surface area contributed by atoms with Gasteiger partial charge in [0.05, 0.1) is 17.1 Å². The summed E-state index contributed by atoms with van der Waals surface area (Å²) in [6.07, 6.45) is -0.117. The zero-order chi connectivity index (χ0) is 16.2. The summed E-state index contributed by atoms with van der Waals surface area (Å²) in [5.41, 5.74) is 1.62. The number of hydrogen-bond acceptors (Lipinski definition) is 5. The van der Waals surface area contributed by atoms with Gasteiger partial charge in [-0.25, -0.2) is 4.98 Å². The Balaban J connectivity index is 1.49. The quantitative estimate of drug-likeness (QED) is 0.877. The molecule has 1 aromatic heterocycles. The van der Waals surface area contributed by atoms with Crippen LogP contribution in [-0.2, 0) is 16.0 Å². The smallest absolute Gasteiger partial charge is 0.266 e. The predicted molar refractivity (Wildman–Crippen MR) is 87.7 cm³/mol. The van der Waals surface area contributed by atoms with E-state index in [4.69, 9.17) is 4.74 Å². The van der Waals surface area contributed by atoms with Crippen LogP contribution in [0.15, 0.2) is 29.6 Å². The summed E-state index contributed by atoms with van der Waals surface area (Å²) in [5, 5.41) is 8.52. The molecule has 0 saturated heterocycles. The lowest BCUT2D eigenvalue weighted by Gasteiger charge is -2.25. The lowest BCUT2D eigenvalue weighted by molar-refractivity contribution is -0.130. The second kappa shape index (κ2) is 6.78. The van der Waals surface area contributed by atoms with E-state index in [1.807, 2.05) is 24.4 Å². The first kappa shape index (κ1) is 15.5. The lowest BCUT2D eigenvalue weighted by Crippen LogP contribution is -2.41. The molecule has 1 aromatic carbocycles. The third-order valence-corrected chi connectivity index (χ3v) is 4.43. The molecule has 2 heterocycles. The number of benzene rings is 1. The minimum Gasteiger partial charge on any atom is -0.478 e. The van der Waals surface area contributed by atoms with E-state index in [2.05, 4.69) is 15.6 Å². The first-order valence-corrected chi connectivity index (χ1v) is 8.24. The number of nitrogens with one attached hydrogen (secondary N) is 2. The van der Waals surface area contributed by atoms with Crippen LogP contribution in [0.4, 0.5) is 5.69 Å². The largest absolute Gasteiger partial charge is 0.478 e. The minimum absolute atomic E-state index is 0.00291. The molecular formula is C16H17N3O3S. The highest BCUT2D eigenvalue weighted by atomic mass is 32.1. The lowest BCUT2D eigenvalue weighted by atomic mass is 10.1. The van der Waals surface area contributed by atoms with Gasteiger partial charge in [-0.3, -0.25) is 9.59 Å². The standard InChI is InChI=1S/C16H17N3O3S/c1-10-9-23-15(18-10)6-7-17-14(20)8-13-16(21)19-11-4-2-3-5-12(11)22-13/h2-5,9,13H,6-8H2,1H3,(H,17,20)(H,19,21). The van der Waals surface area contributed by atoms with E-state index in [9.17, 15) is 9.59 Å². The molecular weight excluding hydrogens is 314 g/mol. The number of aromatic nitrogens is 1. The zero-order valence-corrected chi connectivity index (χ0v) is 13.5. The Morgan fingerprint density at radius 1 is 1.43 bits per heavy atom. The Kier molecular flexibility index (Phi) is 4.57. The van der Waals surface area contributed by atoms with Gasteiger partial charge < -0.3 is 15.4 Å². The normalized spacial score (nSPS) is 16.2. The van der Waals surface area contributed by atoms with Crippen molar-refractivity contribution >= 4 is 28.8 Å². The maximum atomic E-state index is 12.0. The Morgan fingerprint density at radius 3 is 3.04 bits per heavy atom. The predicted octanol–water partition coefficient (Wildman–Crippen LogP) is 1.90. The van der Waals surface area contributed by atoms with Crippen molar-refractivity contribution in [3.63, 3.8) is 0 Å². The van der Waals surface area contributed by atoms with E-state index in [0.29, 0.717) is 24.4 Å². The van der Waals surface area contributed by atoms with Crippen molar-refractivity contribution < 1.29 is 14.3 Å². The first-order valence-electron chi connectivity index (χ1n) is 7.36. The highest BCUT2D eigenvalue weighted by molar-refractivity contribution is 7.09. The average molecular weight is 331 g/mol. The number of aryl methyl sites for hydroxylation is 1. The summed E-state index contributed by atoms with van der Waals surface area (Å²) in [6, 6.07) is 7.17. The number of anilines is 1. The zero-order valence-electron chi connectivity index (χ0n) is 12.7. The van der Waals surface area contributed by atoms with Crippen LogP contribution in [-0.4, -0.2) is 29.4 Å². The minimum atomic E-state index is -0.799. The first-order chi connectivity index (χ1) is 11.1. The molecule has 2 N–H and O–H groups in total. The van der Waals surface area contributed by atoms with Crippen molar-refractivity contribution in [2.75, 3.05) is 11.9 Å². The third-order valence-electron chi connectivity index (χ3n) is 3.40. The summed E-state index contributed by atoms with van der Waals surface area (Å²) in [6.45, 7) is 2.44. The van der Waals surface area contributed by atoms with Gasteiger partial charge >= 0.3 is 0 Å². The Bertz CT molecular complexity index is 729. The summed E-state index contributed by atoms with van der Waals surface area (Å²) < 4.78 is 5.60. The van der Waals surface area contributed by atoms with Crippen LogP contribution >= 0.6 is 11.3 Å².